The largest absolute Gasteiger partial charge is 0.462 e. The van der Waals surface area contributed by atoms with E-state index in [2.05, 4.69) is 130 Å². The van der Waals surface area contributed by atoms with Gasteiger partial charge in [-0.05, 0) is 128 Å². The summed E-state index contributed by atoms with van der Waals surface area (Å²) in [5.41, 5.74) is 0. The van der Waals surface area contributed by atoms with E-state index >= 15 is 0 Å². The Morgan fingerprint density at radius 2 is 0.494 bits per heavy atom. The van der Waals surface area contributed by atoms with Crippen LogP contribution in [0, 0.1) is 0 Å². The van der Waals surface area contributed by atoms with E-state index in [1.165, 1.54) is 141 Å². The summed E-state index contributed by atoms with van der Waals surface area (Å²) < 4.78 is 16.9. The summed E-state index contributed by atoms with van der Waals surface area (Å²) in [5.74, 6) is -0.908. The molecule has 6 heteroatoms. The normalized spacial score (nSPS) is 12.8. The van der Waals surface area contributed by atoms with Crippen LogP contribution in [0.1, 0.15) is 316 Å². The fourth-order valence-electron chi connectivity index (χ4n) is 9.24. The van der Waals surface area contributed by atoms with Crippen molar-refractivity contribution in [2.75, 3.05) is 13.2 Å². The topological polar surface area (TPSA) is 78.9 Å². The average molecular weight is 1100 g/mol. The minimum atomic E-state index is -0.795. The molecular formula is C73H124O6. The van der Waals surface area contributed by atoms with Crippen LogP contribution in [-0.4, -0.2) is 37.2 Å². The SMILES string of the molecule is CC/C=C\C/C=C\C/C=C\C/C=C\CCCCCCCCCCCCCCC(=O)OCC(COC(=O)CCCCCCC/C=C\C/C=C\CCCCC)OC(=O)CCCCCCCC/C=C\C/C=C\C/C=C\CCCCCCC. The molecule has 0 spiro atoms. The number of rotatable bonds is 60. The first-order valence-corrected chi connectivity index (χ1v) is 33.4. The monoisotopic (exact) mass is 1100 g/mol. The molecule has 0 aliphatic rings. The van der Waals surface area contributed by atoms with Gasteiger partial charge in [0.05, 0.1) is 0 Å². The molecule has 0 aliphatic heterocycles. The van der Waals surface area contributed by atoms with E-state index in [9.17, 15) is 14.4 Å². The average Bonchev–Trinajstić information content (AvgIpc) is 3.45. The van der Waals surface area contributed by atoms with Gasteiger partial charge in [-0.25, -0.2) is 0 Å². The number of unbranched alkanes of at least 4 members (excludes halogenated alkanes) is 31. The molecule has 79 heavy (non-hydrogen) atoms. The maximum Gasteiger partial charge on any atom is 0.306 e. The molecule has 0 radical (unpaired) electrons. The highest BCUT2D eigenvalue weighted by Gasteiger charge is 2.19. The van der Waals surface area contributed by atoms with Gasteiger partial charge in [-0.3, -0.25) is 14.4 Å². The molecular weight excluding hydrogens is 973 g/mol. The Bertz CT molecular complexity index is 1590. The molecule has 0 saturated carbocycles. The lowest BCUT2D eigenvalue weighted by Crippen LogP contribution is -2.30. The van der Waals surface area contributed by atoms with Crippen LogP contribution in [-0.2, 0) is 28.6 Å². The van der Waals surface area contributed by atoms with Crippen LogP contribution < -0.4 is 0 Å². The Labute approximate surface area is 489 Å². The predicted octanol–water partition coefficient (Wildman–Crippen LogP) is 23.0. The van der Waals surface area contributed by atoms with Gasteiger partial charge in [0.15, 0.2) is 6.10 Å². The number of ether oxygens (including phenoxy) is 3. The second kappa shape index (κ2) is 66.6. The second-order valence-corrected chi connectivity index (χ2v) is 22.0. The first-order chi connectivity index (χ1) is 39.0. The van der Waals surface area contributed by atoms with Crippen molar-refractivity contribution in [3.63, 3.8) is 0 Å². The van der Waals surface area contributed by atoms with Gasteiger partial charge in [0.25, 0.3) is 0 Å². The molecule has 0 aliphatic carbocycles. The molecule has 0 bridgehead atoms. The maximum atomic E-state index is 12.9. The number of esters is 3. The lowest BCUT2D eigenvalue weighted by molar-refractivity contribution is -0.167. The Morgan fingerprint density at radius 3 is 0.797 bits per heavy atom. The van der Waals surface area contributed by atoms with E-state index in [1.807, 2.05) is 0 Å². The van der Waals surface area contributed by atoms with Crippen LogP contribution in [0.2, 0.25) is 0 Å². The number of carbonyl (C=O) groups is 3. The summed E-state index contributed by atoms with van der Waals surface area (Å²) in [6, 6.07) is 0. The fourth-order valence-corrected chi connectivity index (χ4v) is 9.24. The molecule has 0 fully saturated rings. The van der Waals surface area contributed by atoms with Crippen molar-refractivity contribution in [1.29, 1.82) is 0 Å². The zero-order valence-electron chi connectivity index (χ0n) is 51.9. The molecule has 0 heterocycles. The van der Waals surface area contributed by atoms with Crippen LogP contribution in [0.5, 0.6) is 0 Å². The van der Waals surface area contributed by atoms with E-state index in [-0.39, 0.29) is 31.1 Å². The molecule has 0 saturated heterocycles. The summed E-state index contributed by atoms with van der Waals surface area (Å²) in [5, 5.41) is 0. The van der Waals surface area contributed by atoms with Gasteiger partial charge in [-0.2, -0.15) is 0 Å². The molecule has 0 aromatic carbocycles. The third-order valence-corrected chi connectivity index (χ3v) is 14.2. The molecule has 0 N–H and O–H groups in total. The van der Waals surface area contributed by atoms with Gasteiger partial charge in [0.2, 0.25) is 0 Å². The van der Waals surface area contributed by atoms with Crippen LogP contribution in [0.15, 0.2) is 109 Å². The van der Waals surface area contributed by atoms with Crippen LogP contribution in [0.4, 0.5) is 0 Å². The van der Waals surface area contributed by atoms with E-state index in [0.717, 1.165) is 135 Å². The number of allylic oxidation sites excluding steroid dienone is 18. The third kappa shape index (κ3) is 64.8. The summed E-state index contributed by atoms with van der Waals surface area (Å²) >= 11 is 0. The van der Waals surface area contributed by atoms with Crippen LogP contribution in [0.25, 0.3) is 0 Å². The number of hydrogen-bond acceptors (Lipinski definition) is 6. The summed E-state index contributed by atoms with van der Waals surface area (Å²) in [6.45, 7) is 6.49. The number of hydrogen-bond donors (Lipinski definition) is 0. The lowest BCUT2D eigenvalue weighted by Gasteiger charge is -2.18. The zero-order valence-corrected chi connectivity index (χ0v) is 51.9. The summed E-state index contributed by atoms with van der Waals surface area (Å²) in [4.78, 5) is 38.4. The van der Waals surface area contributed by atoms with Crippen molar-refractivity contribution >= 4 is 17.9 Å². The molecule has 1 unspecified atom stereocenters. The smallest absolute Gasteiger partial charge is 0.306 e. The van der Waals surface area contributed by atoms with Gasteiger partial charge in [-0.15, -0.1) is 0 Å². The Kier molecular flexibility index (Phi) is 63.3. The van der Waals surface area contributed by atoms with Crippen LogP contribution in [0.3, 0.4) is 0 Å². The highest BCUT2D eigenvalue weighted by molar-refractivity contribution is 5.71. The highest BCUT2D eigenvalue weighted by atomic mass is 16.6. The lowest BCUT2D eigenvalue weighted by atomic mass is 10.0. The standard InChI is InChI=1S/C73H124O6/c1-4-7-10-13-16-19-22-25-28-30-32-34-35-36-37-39-40-42-45-48-51-54-57-60-63-66-72(75)78-69-70(68-77-71(74)65-62-59-56-53-50-47-44-27-24-21-18-15-12-9-6-3)79-73(76)67-64-61-58-55-52-49-46-43-41-38-33-31-29-26-23-20-17-14-11-8-5-2/h7,10,16,18-19,21,23,25-28,31-34,41,43-44,70H,4-6,8-9,11-15,17,20,22,24,29-30,35-40,42,45-69H2,1-3H3/b10-7-,19-16-,21-18-,26-23-,28-25-,33-31-,34-32-,43-41-,44-27-. The summed E-state index contributed by atoms with van der Waals surface area (Å²) in [7, 11) is 0. The maximum absolute atomic E-state index is 12.9. The zero-order chi connectivity index (χ0) is 57.1. The van der Waals surface area contributed by atoms with Crippen molar-refractivity contribution in [1.82, 2.24) is 0 Å². The first-order valence-electron chi connectivity index (χ1n) is 33.4. The molecule has 0 rings (SSSR count). The van der Waals surface area contributed by atoms with E-state index < -0.39 is 6.10 Å². The second-order valence-electron chi connectivity index (χ2n) is 22.0. The molecule has 0 amide bonds. The molecule has 1 atom stereocenters. The van der Waals surface area contributed by atoms with Gasteiger partial charge in [0, 0.05) is 19.3 Å². The Balaban J connectivity index is 4.38. The molecule has 6 nitrogen and oxygen atoms in total. The number of carbonyl (C=O) groups excluding carboxylic acids is 3. The van der Waals surface area contributed by atoms with Gasteiger partial charge in [-0.1, -0.05) is 278 Å². The molecule has 0 aromatic heterocycles. The van der Waals surface area contributed by atoms with Crippen molar-refractivity contribution in [2.24, 2.45) is 0 Å². The van der Waals surface area contributed by atoms with Crippen LogP contribution >= 0.6 is 0 Å². The minimum absolute atomic E-state index is 0.0891. The highest BCUT2D eigenvalue weighted by Crippen LogP contribution is 2.16. The van der Waals surface area contributed by atoms with E-state index in [4.69, 9.17) is 14.2 Å². The molecule has 452 valence electrons. The predicted molar refractivity (Wildman–Crippen MR) is 343 cm³/mol. The third-order valence-electron chi connectivity index (χ3n) is 14.2. The van der Waals surface area contributed by atoms with Crippen molar-refractivity contribution in [3.05, 3.63) is 109 Å². The Morgan fingerprint density at radius 1 is 0.266 bits per heavy atom. The van der Waals surface area contributed by atoms with Gasteiger partial charge >= 0.3 is 17.9 Å². The fraction of sp³-hybridized carbons (Fsp3) is 0.712. The van der Waals surface area contributed by atoms with Crippen molar-refractivity contribution in [2.45, 2.75) is 322 Å². The quantitative estimate of drug-likeness (QED) is 0.0261. The van der Waals surface area contributed by atoms with E-state index in [0.29, 0.717) is 19.3 Å². The first kappa shape index (κ1) is 75.1. The van der Waals surface area contributed by atoms with E-state index in [1.54, 1.807) is 0 Å². The van der Waals surface area contributed by atoms with Crippen molar-refractivity contribution < 1.29 is 28.6 Å². The Hall–Kier alpha value is -3.93. The minimum Gasteiger partial charge on any atom is -0.462 e. The molecule has 0 aromatic rings. The van der Waals surface area contributed by atoms with Gasteiger partial charge in [0.1, 0.15) is 13.2 Å². The summed E-state index contributed by atoms with van der Waals surface area (Å²) in [6.07, 6.45) is 90.9. The van der Waals surface area contributed by atoms with Crippen molar-refractivity contribution in [3.8, 4) is 0 Å². The van der Waals surface area contributed by atoms with Gasteiger partial charge < -0.3 is 14.2 Å².